The number of amides is 3. The number of aromatic nitrogens is 2. The number of aromatic amines is 1. The zero-order chi connectivity index (χ0) is 28.1. The van der Waals surface area contributed by atoms with Crippen molar-refractivity contribution in [1.29, 1.82) is 0 Å². The normalized spacial score (nSPS) is 14.9. The van der Waals surface area contributed by atoms with Crippen LogP contribution in [0, 0.1) is 5.92 Å². The number of carboxylic acid groups (broad SMARTS) is 1. The van der Waals surface area contributed by atoms with Crippen molar-refractivity contribution in [2.45, 2.75) is 63.7 Å². The van der Waals surface area contributed by atoms with Crippen molar-refractivity contribution in [3.63, 3.8) is 0 Å². The minimum atomic E-state index is -1.20. The first-order valence-corrected chi connectivity index (χ1v) is 13.9. The molecular weight excluding hydrogens is 508 g/mol. The summed E-state index contributed by atoms with van der Waals surface area (Å²) >= 11 is 1.51. The molecule has 11 nitrogen and oxygen atoms in total. The lowest BCUT2D eigenvalue weighted by Crippen LogP contribution is -2.58. The molecule has 0 saturated carbocycles. The van der Waals surface area contributed by atoms with Gasteiger partial charge in [-0.15, -0.1) is 0 Å². The summed E-state index contributed by atoms with van der Waals surface area (Å²) in [5, 5.41) is 17.7. The zero-order valence-electron chi connectivity index (χ0n) is 22.0. The molecule has 0 aliphatic rings. The molecule has 0 aliphatic carbocycles. The molecule has 5 atom stereocenters. The Morgan fingerprint density at radius 3 is 2.21 bits per heavy atom. The van der Waals surface area contributed by atoms with E-state index in [-0.39, 0.29) is 18.8 Å². The lowest BCUT2D eigenvalue weighted by atomic mass is 9.99. The fraction of sp³-hybridized carbons (Fsp3) is 0.500. The lowest BCUT2D eigenvalue weighted by Gasteiger charge is -2.26. The van der Waals surface area contributed by atoms with Crippen molar-refractivity contribution in [3.05, 3.63) is 54.1 Å². The third-order valence-electron chi connectivity index (χ3n) is 6.31. The van der Waals surface area contributed by atoms with E-state index in [0.29, 0.717) is 24.3 Å². The number of nitrogens with one attached hydrogen (secondary N) is 4. The number of carboxylic acids is 1. The zero-order valence-corrected chi connectivity index (χ0v) is 22.8. The SMILES string of the molecule is CCC(C)C(N)C(=O)NC(CCSC)C(=O)NC(Cc1cnc[nH]1)C(=O)NC(Cc1ccccc1)C(=O)O. The summed E-state index contributed by atoms with van der Waals surface area (Å²) < 4.78 is 0. The number of H-pyrrole nitrogens is 1. The fourth-order valence-electron chi connectivity index (χ4n) is 3.70. The molecule has 1 heterocycles. The maximum absolute atomic E-state index is 13.3. The van der Waals surface area contributed by atoms with Crippen LogP contribution < -0.4 is 21.7 Å². The summed E-state index contributed by atoms with van der Waals surface area (Å²) in [6, 6.07) is 4.93. The van der Waals surface area contributed by atoms with Crippen LogP contribution in [0.2, 0.25) is 0 Å². The lowest BCUT2D eigenvalue weighted by molar-refractivity contribution is -0.142. The monoisotopic (exact) mass is 546 g/mol. The van der Waals surface area contributed by atoms with E-state index in [2.05, 4.69) is 25.9 Å². The van der Waals surface area contributed by atoms with Gasteiger partial charge in [-0.05, 0) is 29.9 Å². The van der Waals surface area contributed by atoms with E-state index < -0.39 is 47.9 Å². The number of nitrogens with two attached hydrogens (primary N) is 1. The first kappa shape index (κ1) is 30.8. The molecule has 3 amide bonds. The predicted molar refractivity (Wildman–Crippen MR) is 146 cm³/mol. The van der Waals surface area contributed by atoms with E-state index in [1.165, 1.54) is 24.3 Å². The number of carbonyl (C=O) groups is 4. The molecule has 0 bridgehead atoms. The van der Waals surface area contributed by atoms with Gasteiger partial charge in [-0.2, -0.15) is 11.8 Å². The Bertz CT molecular complexity index is 1040. The molecule has 208 valence electrons. The Morgan fingerprint density at radius 1 is 1.00 bits per heavy atom. The Kier molecular flexibility index (Phi) is 12.8. The molecule has 2 rings (SSSR count). The highest BCUT2D eigenvalue weighted by atomic mass is 32.2. The highest BCUT2D eigenvalue weighted by Gasteiger charge is 2.31. The van der Waals surface area contributed by atoms with Crippen molar-refractivity contribution in [2.75, 3.05) is 12.0 Å². The number of imidazole rings is 1. The Balaban J connectivity index is 2.20. The largest absolute Gasteiger partial charge is 0.480 e. The van der Waals surface area contributed by atoms with E-state index in [4.69, 9.17) is 5.73 Å². The summed E-state index contributed by atoms with van der Waals surface area (Å²) in [7, 11) is 0. The van der Waals surface area contributed by atoms with Crippen LogP contribution in [0.25, 0.3) is 0 Å². The molecule has 1 aromatic carbocycles. The van der Waals surface area contributed by atoms with Gasteiger partial charge in [0.05, 0.1) is 12.4 Å². The standard InChI is InChI=1S/C26H38N6O5S/c1-4-16(2)22(27)25(35)30-19(10-11-38-3)23(33)31-20(13-18-14-28-15-29-18)24(34)32-21(26(36)37)12-17-8-6-5-7-9-17/h5-9,14-16,19-22H,4,10-13,27H2,1-3H3,(H,28,29)(H,30,35)(H,31,33)(H,32,34)(H,36,37). The van der Waals surface area contributed by atoms with Gasteiger partial charge in [0, 0.05) is 24.7 Å². The van der Waals surface area contributed by atoms with Crippen LogP contribution in [0.4, 0.5) is 0 Å². The van der Waals surface area contributed by atoms with Crippen LogP contribution in [-0.2, 0) is 32.0 Å². The van der Waals surface area contributed by atoms with Gasteiger partial charge < -0.3 is 31.8 Å². The van der Waals surface area contributed by atoms with Crippen LogP contribution in [0.3, 0.4) is 0 Å². The van der Waals surface area contributed by atoms with E-state index in [1.54, 1.807) is 24.3 Å². The van der Waals surface area contributed by atoms with Crippen LogP contribution in [-0.4, -0.2) is 74.9 Å². The van der Waals surface area contributed by atoms with Crippen LogP contribution in [0.5, 0.6) is 0 Å². The highest BCUT2D eigenvalue weighted by molar-refractivity contribution is 7.98. The van der Waals surface area contributed by atoms with Crippen LogP contribution in [0.15, 0.2) is 42.9 Å². The Labute approximate surface area is 227 Å². The molecule has 12 heteroatoms. The molecule has 0 saturated heterocycles. The summed E-state index contributed by atoms with van der Waals surface area (Å²) in [6.45, 7) is 3.79. The van der Waals surface area contributed by atoms with Gasteiger partial charge >= 0.3 is 5.97 Å². The quantitative estimate of drug-likeness (QED) is 0.179. The molecule has 0 aliphatic heterocycles. The molecule has 2 aromatic rings. The topological polar surface area (TPSA) is 179 Å². The van der Waals surface area contributed by atoms with E-state index in [1.807, 2.05) is 26.2 Å². The Morgan fingerprint density at radius 2 is 1.63 bits per heavy atom. The van der Waals surface area contributed by atoms with E-state index >= 15 is 0 Å². The van der Waals surface area contributed by atoms with Gasteiger partial charge in [-0.25, -0.2) is 9.78 Å². The second-order valence-electron chi connectivity index (χ2n) is 9.19. The predicted octanol–water partition coefficient (Wildman–Crippen LogP) is 0.860. The van der Waals surface area contributed by atoms with E-state index in [0.717, 1.165) is 5.56 Å². The molecular formula is C26H38N6O5S. The number of thioether (sulfide) groups is 1. The summed E-state index contributed by atoms with van der Waals surface area (Å²) in [6.07, 6.45) is 6.00. The second kappa shape index (κ2) is 15.8. The minimum absolute atomic E-state index is 0.0465. The summed E-state index contributed by atoms with van der Waals surface area (Å²) in [4.78, 5) is 58.0. The van der Waals surface area contributed by atoms with Gasteiger partial charge in [-0.3, -0.25) is 14.4 Å². The van der Waals surface area contributed by atoms with Crippen molar-refractivity contribution in [3.8, 4) is 0 Å². The number of hydrogen-bond donors (Lipinski definition) is 6. The molecule has 5 unspecified atom stereocenters. The summed E-state index contributed by atoms with van der Waals surface area (Å²) in [5.74, 6) is -2.34. The number of nitrogens with zero attached hydrogens (tertiary/aromatic N) is 1. The minimum Gasteiger partial charge on any atom is -0.480 e. The Hall–Kier alpha value is -3.38. The van der Waals surface area contributed by atoms with Crippen molar-refractivity contribution in [2.24, 2.45) is 11.7 Å². The molecule has 0 fully saturated rings. The first-order chi connectivity index (χ1) is 18.2. The average molecular weight is 547 g/mol. The average Bonchev–Trinajstić information content (AvgIpc) is 3.42. The fourth-order valence-corrected chi connectivity index (χ4v) is 4.18. The van der Waals surface area contributed by atoms with Crippen molar-refractivity contribution < 1.29 is 24.3 Å². The van der Waals surface area contributed by atoms with E-state index in [9.17, 15) is 24.3 Å². The number of carbonyl (C=O) groups excluding carboxylic acids is 3. The van der Waals surface area contributed by atoms with Crippen LogP contribution in [0.1, 0.15) is 37.9 Å². The number of hydrogen-bond acceptors (Lipinski definition) is 7. The molecule has 0 spiro atoms. The third kappa shape index (κ3) is 9.82. The second-order valence-corrected chi connectivity index (χ2v) is 10.2. The number of benzene rings is 1. The van der Waals surface area contributed by atoms with Gasteiger partial charge in [0.25, 0.3) is 0 Å². The maximum atomic E-state index is 13.3. The molecule has 0 radical (unpaired) electrons. The third-order valence-corrected chi connectivity index (χ3v) is 6.96. The number of rotatable bonds is 16. The molecule has 7 N–H and O–H groups in total. The molecule has 1 aromatic heterocycles. The van der Waals surface area contributed by atoms with Gasteiger partial charge in [0.1, 0.15) is 18.1 Å². The van der Waals surface area contributed by atoms with Crippen molar-refractivity contribution >= 4 is 35.5 Å². The van der Waals surface area contributed by atoms with Crippen molar-refractivity contribution in [1.82, 2.24) is 25.9 Å². The van der Waals surface area contributed by atoms with Crippen LogP contribution >= 0.6 is 11.8 Å². The summed E-state index contributed by atoms with van der Waals surface area (Å²) in [5.41, 5.74) is 7.37. The smallest absolute Gasteiger partial charge is 0.326 e. The van der Waals surface area contributed by atoms with Gasteiger partial charge in [0.15, 0.2) is 0 Å². The van der Waals surface area contributed by atoms with Gasteiger partial charge in [0.2, 0.25) is 17.7 Å². The first-order valence-electron chi connectivity index (χ1n) is 12.6. The highest BCUT2D eigenvalue weighted by Crippen LogP contribution is 2.09. The van der Waals surface area contributed by atoms with Gasteiger partial charge in [-0.1, -0.05) is 50.6 Å². The maximum Gasteiger partial charge on any atom is 0.326 e. The number of aliphatic carboxylic acids is 1. The molecule has 38 heavy (non-hydrogen) atoms.